The molecule has 4 rings (SSSR count). The summed E-state index contributed by atoms with van der Waals surface area (Å²) in [6.45, 7) is 7.64. The molecule has 172 valence electrons. The molecule has 2 aliphatic heterocycles. The maximum absolute atomic E-state index is 13.3. The highest BCUT2D eigenvalue weighted by Gasteiger charge is 2.37. The number of amides is 1. The third-order valence-electron chi connectivity index (χ3n) is 6.24. The third kappa shape index (κ3) is 3.91. The van der Waals surface area contributed by atoms with Crippen LogP contribution in [0.5, 0.6) is 0 Å². The van der Waals surface area contributed by atoms with Crippen LogP contribution in [0.1, 0.15) is 23.1 Å². The van der Waals surface area contributed by atoms with Gasteiger partial charge in [0.25, 0.3) is 0 Å². The number of rotatable bonds is 4. The number of aryl methyl sites for hydroxylation is 2. The van der Waals surface area contributed by atoms with E-state index in [2.05, 4.69) is 30.9 Å². The van der Waals surface area contributed by atoms with Crippen molar-refractivity contribution in [2.45, 2.75) is 32.1 Å². The van der Waals surface area contributed by atoms with Gasteiger partial charge in [-0.15, -0.1) is 0 Å². The molecule has 0 saturated carbocycles. The molecule has 2 aliphatic rings. The SMILES string of the molecule is Cc1cc(N2C(=O)CCS2(=O)=O)ccc1S(=O)(=O)N1CCN(c2cccc(C)c2C)CC1. The number of nitrogens with zero attached hydrogens (tertiary/aromatic N) is 3. The van der Waals surface area contributed by atoms with Crippen molar-refractivity contribution in [2.24, 2.45) is 0 Å². The topological polar surface area (TPSA) is 95.1 Å². The number of anilines is 2. The Morgan fingerprint density at radius 1 is 0.906 bits per heavy atom. The lowest BCUT2D eigenvalue weighted by atomic mass is 10.1. The Balaban J connectivity index is 1.54. The molecule has 2 heterocycles. The van der Waals surface area contributed by atoms with Gasteiger partial charge in [0.15, 0.2) is 0 Å². The normalized spacial score (nSPS) is 19.5. The lowest BCUT2D eigenvalue weighted by Crippen LogP contribution is -2.49. The first-order valence-electron chi connectivity index (χ1n) is 10.5. The maximum Gasteiger partial charge on any atom is 0.243 e. The largest absolute Gasteiger partial charge is 0.369 e. The van der Waals surface area contributed by atoms with Gasteiger partial charge in [-0.3, -0.25) is 4.79 Å². The monoisotopic (exact) mass is 477 g/mol. The van der Waals surface area contributed by atoms with Crippen LogP contribution >= 0.6 is 0 Å². The van der Waals surface area contributed by atoms with Crippen molar-refractivity contribution < 1.29 is 21.6 Å². The van der Waals surface area contributed by atoms with Crippen molar-refractivity contribution in [3.8, 4) is 0 Å². The van der Waals surface area contributed by atoms with E-state index < -0.39 is 26.0 Å². The Hall–Kier alpha value is -2.43. The molecule has 2 saturated heterocycles. The van der Waals surface area contributed by atoms with Gasteiger partial charge in [-0.25, -0.2) is 21.1 Å². The van der Waals surface area contributed by atoms with E-state index in [0.717, 1.165) is 9.99 Å². The zero-order valence-corrected chi connectivity index (χ0v) is 20.0. The second-order valence-electron chi connectivity index (χ2n) is 8.28. The van der Waals surface area contributed by atoms with E-state index in [1.54, 1.807) is 6.92 Å². The van der Waals surface area contributed by atoms with Gasteiger partial charge in [0.2, 0.25) is 26.0 Å². The molecule has 10 heteroatoms. The number of piperazine rings is 1. The van der Waals surface area contributed by atoms with E-state index in [1.165, 1.54) is 33.6 Å². The van der Waals surface area contributed by atoms with Crippen LogP contribution in [0.15, 0.2) is 41.3 Å². The van der Waals surface area contributed by atoms with Crippen molar-refractivity contribution in [3.63, 3.8) is 0 Å². The third-order valence-corrected chi connectivity index (χ3v) is 9.99. The molecule has 2 fully saturated rings. The Morgan fingerprint density at radius 3 is 2.19 bits per heavy atom. The molecule has 0 atom stereocenters. The first-order valence-corrected chi connectivity index (χ1v) is 13.5. The van der Waals surface area contributed by atoms with E-state index in [9.17, 15) is 21.6 Å². The maximum atomic E-state index is 13.3. The molecule has 0 aliphatic carbocycles. The summed E-state index contributed by atoms with van der Waals surface area (Å²) in [7, 11) is -7.44. The molecule has 8 nitrogen and oxygen atoms in total. The molecular weight excluding hydrogens is 450 g/mol. The highest BCUT2D eigenvalue weighted by molar-refractivity contribution is 7.94. The number of benzene rings is 2. The predicted octanol–water partition coefficient (Wildman–Crippen LogP) is 2.19. The summed E-state index contributed by atoms with van der Waals surface area (Å²) in [5.74, 6) is -0.724. The number of hydrogen-bond acceptors (Lipinski definition) is 6. The smallest absolute Gasteiger partial charge is 0.243 e. The van der Waals surface area contributed by atoms with Crippen LogP contribution in [0, 0.1) is 20.8 Å². The number of carbonyl (C=O) groups excluding carboxylic acids is 1. The van der Waals surface area contributed by atoms with Crippen molar-refractivity contribution in [3.05, 3.63) is 53.1 Å². The molecule has 0 bridgehead atoms. The van der Waals surface area contributed by atoms with Gasteiger partial charge in [-0.2, -0.15) is 4.31 Å². The summed E-state index contributed by atoms with van der Waals surface area (Å²) < 4.78 is 53.2. The lowest BCUT2D eigenvalue weighted by Gasteiger charge is -2.36. The van der Waals surface area contributed by atoms with Gasteiger partial charge in [0.1, 0.15) is 0 Å². The molecule has 1 amide bonds. The Morgan fingerprint density at radius 2 is 1.59 bits per heavy atom. The predicted molar refractivity (Wildman–Crippen MR) is 124 cm³/mol. The fourth-order valence-electron chi connectivity index (χ4n) is 4.30. The summed E-state index contributed by atoms with van der Waals surface area (Å²) in [4.78, 5) is 14.4. The first kappa shape index (κ1) is 22.8. The molecule has 32 heavy (non-hydrogen) atoms. The lowest BCUT2D eigenvalue weighted by molar-refractivity contribution is -0.116. The summed E-state index contributed by atoms with van der Waals surface area (Å²) in [6, 6.07) is 10.4. The molecule has 0 N–H and O–H groups in total. The fourth-order valence-corrected chi connectivity index (χ4v) is 7.38. The quantitative estimate of drug-likeness (QED) is 0.670. The second-order valence-corrected chi connectivity index (χ2v) is 12.1. The van der Waals surface area contributed by atoms with Crippen LogP contribution in [-0.4, -0.2) is 59.0 Å². The molecule has 0 spiro atoms. The highest BCUT2D eigenvalue weighted by Crippen LogP contribution is 2.31. The van der Waals surface area contributed by atoms with Gasteiger partial charge < -0.3 is 4.90 Å². The van der Waals surface area contributed by atoms with Crippen LogP contribution in [0.2, 0.25) is 0 Å². The van der Waals surface area contributed by atoms with Crippen LogP contribution in [0.3, 0.4) is 0 Å². The Bertz CT molecular complexity index is 1280. The number of sulfonamides is 2. The fraction of sp³-hybridized carbons (Fsp3) is 0.409. The minimum atomic E-state index is -3.75. The van der Waals surface area contributed by atoms with Gasteiger partial charge in [-0.05, 0) is 61.7 Å². The van der Waals surface area contributed by atoms with E-state index in [1.807, 2.05) is 6.07 Å². The van der Waals surface area contributed by atoms with Crippen LogP contribution in [-0.2, 0) is 24.8 Å². The number of hydrogen-bond donors (Lipinski definition) is 0. The Labute approximate surface area is 189 Å². The molecule has 0 aromatic heterocycles. The van der Waals surface area contributed by atoms with Crippen molar-refractivity contribution in [1.29, 1.82) is 0 Å². The Kier molecular flexibility index (Phi) is 5.81. The summed E-state index contributed by atoms with van der Waals surface area (Å²) in [5.41, 5.74) is 4.12. The van der Waals surface area contributed by atoms with Crippen LogP contribution in [0.25, 0.3) is 0 Å². The average Bonchev–Trinajstić information content (AvgIpc) is 3.02. The molecule has 2 aromatic carbocycles. The van der Waals surface area contributed by atoms with Crippen LogP contribution < -0.4 is 9.21 Å². The van der Waals surface area contributed by atoms with Gasteiger partial charge in [0, 0.05) is 38.3 Å². The summed E-state index contributed by atoms with van der Waals surface area (Å²) in [6.07, 6.45) is -0.0634. The average molecular weight is 478 g/mol. The van der Waals surface area contributed by atoms with Gasteiger partial charge >= 0.3 is 0 Å². The first-order chi connectivity index (χ1) is 15.0. The molecule has 0 unspecified atom stereocenters. The van der Waals surface area contributed by atoms with Crippen LogP contribution in [0.4, 0.5) is 11.4 Å². The van der Waals surface area contributed by atoms with E-state index in [0.29, 0.717) is 31.7 Å². The van der Waals surface area contributed by atoms with Gasteiger partial charge in [0.05, 0.1) is 16.3 Å². The zero-order chi connectivity index (χ0) is 23.3. The summed E-state index contributed by atoms with van der Waals surface area (Å²) >= 11 is 0. The van der Waals surface area contributed by atoms with E-state index in [4.69, 9.17) is 0 Å². The minimum Gasteiger partial charge on any atom is -0.369 e. The van der Waals surface area contributed by atoms with E-state index in [-0.39, 0.29) is 22.8 Å². The molecular formula is C22H27N3O5S2. The standard InChI is InChI=1S/C22H27N3O5S2/c1-16-5-4-6-20(18(16)3)23-10-12-24(13-11-23)32(29,30)21-8-7-19(15-17(21)2)25-22(26)9-14-31(25,27)28/h4-8,15H,9-14H2,1-3H3. The van der Waals surface area contributed by atoms with E-state index >= 15 is 0 Å². The number of carbonyl (C=O) groups is 1. The summed E-state index contributed by atoms with van der Waals surface area (Å²) in [5, 5.41) is 0. The highest BCUT2D eigenvalue weighted by atomic mass is 32.2. The van der Waals surface area contributed by atoms with Crippen molar-refractivity contribution >= 4 is 37.3 Å². The molecule has 0 radical (unpaired) electrons. The van der Waals surface area contributed by atoms with Crippen molar-refractivity contribution in [2.75, 3.05) is 41.1 Å². The zero-order valence-electron chi connectivity index (χ0n) is 18.4. The van der Waals surface area contributed by atoms with Gasteiger partial charge in [-0.1, -0.05) is 12.1 Å². The molecule has 2 aromatic rings. The van der Waals surface area contributed by atoms with Crippen molar-refractivity contribution in [1.82, 2.24) is 4.31 Å². The second kappa shape index (κ2) is 8.17. The minimum absolute atomic E-state index is 0.0634.